The summed E-state index contributed by atoms with van der Waals surface area (Å²) >= 11 is 0. The number of hydrogen-bond donors (Lipinski definition) is 0. The van der Waals surface area contributed by atoms with Crippen molar-refractivity contribution in [2.45, 2.75) is 83.8 Å². The molecular weight excluding hydrogens is 630 g/mol. The van der Waals surface area contributed by atoms with Crippen molar-refractivity contribution in [2.75, 3.05) is 19.7 Å². The van der Waals surface area contributed by atoms with Crippen molar-refractivity contribution in [3.05, 3.63) is 82.9 Å². The second-order valence-electron chi connectivity index (χ2n) is 14.0. The molecule has 0 radical (unpaired) electrons. The number of benzene rings is 2. The lowest BCUT2D eigenvalue weighted by Crippen LogP contribution is -2.35. The van der Waals surface area contributed by atoms with Gasteiger partial charge in [0.25, 0.3) is 6.43 Å². The molecule has 0 N–H and O–H groups in total. The molecule has 2 aromatic carbocycles. The highest BCUT2D eigenvalue weighted by molar-refractivity contribution is 5.94. The van der Waals surface area contributed by atoms with Crippen LogP contribution in [0.4, 0.5) is 8.78 Å². The number of pyridine rings is 1. The van der Waals surface area contributed by atoms with E-state index in [-0.39, 0.29) is 24.4 Å². The average Bonchev–Trinajstić information content (AvgIpc) is 3.57. The highest BCUT2D eigenvalue weighted by Gasteiger charge is 2.27. The largest absolute Gasteiger partial charge is 0.473 e. The Morgan fingerprint density at radius 1 is 1.02 bits per heavy atom. The van der Waals surface area contributed by atoms with Crippen molar-refractivity contribution < 1.29 is 27.8 Å². The lowest BCUT2D eigenvalue weighted by Gasteiger charge is -2.32. The molecular formula is C37H42F2N6O4. The van der Waals surface area contributed by atoms with E-state index < -0.39 is 12.0 Å². The zero-order valence-corrected chi connectivity index (χ0v) is 28.4. The molecule has 258 valence electrons. The first-order valence-electron chi connectivity index (χ1n) is 16.9. The van der Waals surface area contributed by atoms with E-state index in [0.717, 1.165) is 67.1 Å². The van der Waals surface area contributed by atoms with E-state index in [0.29, 0.717) is 41.4 Å². The standard InChI is InChI=1S/C37H42F2N6O4/c1-37(2,3)49-36(46)25-9-11-29-31(19-25)45(20-26-14-17-47-26)32(40-29)21-44-15-12-24(13-16-44)28-6-5-7-33(41-28)48-22-23-8-10-27-30(18-23)43(4)42-34(27)35(38)39/h5-11,18-19,24,26,35H,12-17,20-22H2,1-4H3. The fourth-order valence-electron chi connectivity index (χ4n) is 6.66. The van der Waals surface area contributed by atoms with Crippen molar-refractivity contribution >= 4 is 27.9 Å². The number of hydrogen-bond acceptors (Lipinski definition) is 8. The first kappa shape index (κ1) is 33.1. The molecule has 0 aliphatic carbocycles. The maximum Gasteiger partial charge on any atom is 0.338 e. The van der Waals surface area contributed by atoms with Crippen LogP contribution in [0.25, 0.3) is 21.9 Å². The van der Waals surface area contributed by atoms with Gasteiger partial charge >= 0.3 is 5.97 Å². The number of rotatable bonds is 10. The number of piperidine rings is 1. The van der Waals surface area contributed by atoms with Crippen LogP contribution in [0.15, 0.2) is 54.6 Å². The number of nitrogens with zero attached hydrogens (tertiary/aromatic N) is 6. The summed E-state index contributed by atoms with van der Waals surface area (Å²) in [5.74, 6) is 1.46. The van der Waals surface area contributed by atoms with Crippen molar-refractivity contribution in [3.8, 4) is 5.88 Å². The Morgan fingerprint density at radius 3 is 2.53 bits per heavy atom. The quantitative estimate of drug-likeness (QED) is 0.147. The van der Waals surface area contributed by atoms with Crippen LogP contribution in [0.3, 0.4) is 0 Å². The van der Waals surface area contributed by atoms with Crippen LogP contribution in [-0.4, -0.2) is 66.6 Å². The van der Waals surface area contributed by atoms with Crippen molar-refractivity contribution in [3.63, 3.8) is 0 Å². The number of carbonyl (C=O) groups is 1. The minimum Gasteiger partial charge on any atom is -0.473 e. The third kappa shape index (κ3) is 7.30. The zero-order chi connectivity index (χ0) is 34.3. The van der Waals surface area contributed by atoms with E-state index in [1.807, 2.05) is 51.1 Å². The van der Waals surface area contributed by atoms with Gasteiger partial charge in [-0.15, -0.1) is 0 Å². The number of alkyl halides is 2. The van der Waals surface area contributed by atoms with E-state index in [1.54, 1.807) is 25.2 Å². The maximum atomic E-state index is 13.3. The topological polar surface area (TPSA) is 96.5 Å². The van der Waals surface area contributed by atoms with Gasteiger partial charge in [-0.2, -0.15) is 5.10 Å². The van der Waals surface area contributed by atoms with E-state index in [9.17, 15) is 13.6 Å². The average molecular weight is 673 g/mol. The number of aromatic nitrogens is 5. The van der Waals surface area contributed by atoms with E-state index in [1.165, 1.54) is 4.68 Å². The Balaban J connectivity index is 0.999. The third-order valence-corrected chi connectivity index (χ3v) is 9.30. The summed E-state index contributed by atoms with van der Waals surface area (Å²) in [5, 5.41) is 4.42. The SMILES string of the molecule is Cn1nc(C(F)F)c2ccc(COc3cccc(C4CCN(Cc5nc6ccc(C(=O)OC(C)(C)C)cc6n5CC5CCO5)CC4)n3)cc21. The van der Waals surface area contributed by atoms with Gasteiger partial charge in [0.2, 0.25) is 5.88 Å². The molecule has 7 rings (SSSR count). The maximum absolute atomic E-state index is 13.3. The van der Waals surface area contributed by atoms with Crippen molar-refractivity contribution in [1.29, 1.82) is 0 Å². The highest BCUT2D eigenvalue weighted by atomic mass is 19.3. The summed E-state index contributed by atoms with van der Waals surface area (Å²) in [7, 11) is 1.67. The summed E-state index contributed by atoms with van der Waals surface area (Å²) in [6.07, 6.45) is 0.432. The predicted octanol–water partition coefficient (Wildman–Crippen LogP) is 6.96. The first-order valence-corrected chi connectivity index (χ1v) is 16.9. The second-order valence-corrected chi connectivity index (χ2v) is 14.0. The molecule has 2 fully saturated rings. The van der Waals surface area contributed by atoms with Gasteiger partial charge in [-0.3, -0.25) is 9.58 Å². The molecule has 0 amide bonds. The Morgan fingerprint density at radius 2 is 1.82 bits per heavy atom. The third-order valence-electron chi connectivity index (χ3n) is 9.30. The van der Waals surface area contributed by atoms with Gasteiger partial charge in [-0.1, -0.05) is 18.2 Å². The summed E-state index contributed by atoms with van der Waals surface area (Å²) < 4.78 is 47.8. The molecule has 5 aromatic rings. The van der Waals surface area contributed by atoms with Gasteiger partial charge in [0.05, 0.1) is 41.3 Å². The molecule has 3 aromatic heterocycles. The summed E-state index contributed by atoms with van der Waals surface area (Å²) in [6.45, 7) is 9.84. The van der Waals surface area contributed by atoms with Crippen LogP contribution in [-0.2, 0) is 36.2 Å². The molecule has 1 unspecified atom stereocenters. The normalized spacial score (nSPS) is 17.6. The van der Waals surface area contributed by atoms with Crippen LogP contribution < -0.4 is 4.74 Å². The molecule has 0 saturated carbocycles. The van der Waals surface area contributed by atoms with Crippen LogP contribution in [0, 0.1) is 0 Å². The van der Waals surface area contributed by atoms with Crippen LogP contribution >= 0.6 is 0 Å². The lowest BCUT2D eigenvalue weighted by atomic mass is 9.93. The van der Waals surface area contributed by atoms with E-state index >= 15 is 0 Å². The minimum absolute atomic E-state index is 0.143. The lowest BCUT2D eigenvalue weighted by molar-refractivity contribution is -0.0592. The molecule has 2 saturated heterocycles. The number of imidazole rings is 1. The summed E-state index contributed by atoms with van der Waals surface area (Å²) in [4.78, 5) is 25.1. The highest BCUT2D eigenvalue weighted by Crippen LogP contribution is 2.31. The molecule has 0 spiro atoms. The van der Waals surface area contributed by atoms with Gasteiger partial charge in [-0.05, 0) is 89.0 Å². The molecule has 0 bridgehead atoms. The van der Waals surface area contributed by atoms with Crippen LogP contribution in [0.1, 0.15) is 85.5 Å². The van der Waals surface area contributed by atoms with Gasteiger partial charge in [0.1, 0.15) is 23.7 Å². The Hall–Kier alpha value is -4.42. The van der Waals surface area contributed by atoms with E-state index in [4.69, 9.17) is 24.2 Å². The number of likely N-dealkylation sites (tertiary alicyclic amines) is 1. The molecule has 5 heterocycles. The van der Waals surface area contributed by atoms with Crippen LogP contribution in [0.5, 0.6) is 5.88 Å². The molecule has 2 aliphatic heterocycles. The molecule has 2 aliphatic rings. The number of esters is 1. The van der Waals surface area contributed by atoms with Crippen molar-refractivity contribution in [1.82, 2.24) is 29.2 Å². The van der Waals surface area contributed by atoms with Crippen molar-refractivity contribution in [2.24, 2.45) is 7.05 Å². The van der Waals surface area contributed by atoms with Gasteiger partial charge < -0.3 is 18.8 Å². The number of ether oxygens (including phenoxy) is 3. The zero-order valence-electron chi connectivity index (χ0n) is 28.4. The number of carbonyl (C=O) groups excluding carboxylic acids is 1. The number of fused-ring (bicyclic) bond motifs is 2. The monoisotopic (exact) mass is 672 g/mol. The Labute approximate surface area is 284 Å². The van der Waals surface area contributed by atoms with Gasteiger partial charge in [0, 0.05) is 36.7 Å². The Bertz CT molecular complexity index is 1970. The minimum atomic E-state index is -2.62. The summed E-state index contributed by atoms with van der Waals surface area (Å²) in [5.41, 5.74) is 4.01. The fraction of sp³-hybridized carbons (Fsp3) is 0.459. The second kappa shape index (κ2) is 13.5. The first-order chi connectivity index (χ1) is 23.5. The Kier molecular flexibility index (Phi) is 9.10. The predicted molar refractivity (Wildman–Crippen MR) is 181 cm³/mol. The number of aryl methyl sites for hydroxylation is 1. The number of halogens is 2. The van der Waals surface area contributed by atoms with Gasteiger partial charge in [-0.25, -0.2) is 23.5 Å². The molecule has 1 atom stereocenters. The molecule has 12 heteroatoms. The smallest absolute Gasteiger partial charge is 0.338 e. The molecule has 10 nitrogen and oxygen atoms in total. The summed E-state index contributed by atoms with van der Waals surface area (Å²) in [6, 6.07) is 16.8. The molecule has 49 heavy (non-hydrogen) atoms. The van der Waals surface area contributed by atoms with Crippen LogP contribution in [0.2, 0.25) is 0 Å². The van der Waals surface area contributed by atoms with Gasteiger partial charge in [0.15, 0.2) is 0 Å². The fourth-order valence-corrected chi connectivity index (χ4v) is 6.66. The van der Waals surface area contributed by atoms with E-state index in [2.05, 4.69) is 20.6 Å².